The number of likely N-dealkylation sites (N-methyl/N-ethyl adjacent to an activating group) is 1. The first-order valence-corrected chi connectivity index (χ1v) is 12.0. The number of benzene rings is 1. The Hall–Kier alpha value is -4.00. The molecule has 1 saturated carbocycles. The van der Waals surface area contributed by atoms with Crippen molar-refractivity contribution >= 4 is 34.8 Å². The quantitative estimate of drug-likeness (QED) is 0.107. The molecule has 0 saturated heterocycles. The van der Waals surface area contributed by atoms with Crippen molar-refractivity contribution in [2.24, 2.45) is 17.6 Å². The maximum absolute atomic E-state index is 13.8. The summed E-state index contributed by atoms with van der Waals surface area (Å²) >= 11 is 0. The van der Waals surface area contributed by atoms with Gasteiger partial charge in [-0.3, -0.25) is 24.1 Å². The second-order valence-electron chi connectivity index (χ2n) is 9.93. The number of aliphatic hydroxyl groups excluding tert-OH is 2. The fourth-order valence-electron chi connectivity index (χ4n) is 5.80. The van der Waals surface area contributed by atoms with Crippen molar-refractivity contribution in [1.82, 2.24) is 10.2 Å². The molecule has 4 atom stereocenters. The Morgan fingerprint density at radius 2 is 1.92 bits per heavy atom. The summed E-state index contributed by atoms with van der Waals surface area (Å²) in [6.45, 7) is 3.87. The second kappa shape index (κ2) is 9.71. The van der Waals surface area contributed by atoms with Gasteiger partial charge in [0.15, 0.2) is 11.4 Å². The van der Waals surface area contributed by atoms with Crippen molar-refractivity contribution in [3.63, 3.8) is 0 Å². The Bertz CT molecular complexity index is 1330. The fourth-order valence-corrected chi connectivity index (χ4v) is 5.80. The summed E-state index contributed by atoms with van der Waals surface area (Å²) < 4.78 is 0. The number of nitrogens with zero attached hydrogens (tertiary/aromatic N) is 1. The lowest BCUT2D eigenvalue weighted by atomic mass is 9.57. The fraction of sp³-hybridized carbons (Fsp3) is 0.385. The van der Waals surface area contributed by atoms with E-state index in [4.69, 9.17) is 5.73 Å². The zero-order valence-corrected chi connectivity index (χ0v) is 20.9. The molecule has 0 spiro atoms. The smallest absolute Gasteiger partial charge is 0.255 e. The van der Waals surface area contributed by atoms with Gasteiger partial charge in [0.05, 0.1) is 23.8 Å². The number of phenols is 1. The Morgan fingerprint density at radius 1 is 1.24 bits per heavy atom. The van der Waals surface area contributed by atoms with E-state index in [1.807, 2.05) is 0 Å². The highest BCUT2D eigenvalue weighted by atomic mass is 16.3. The molecule has 0 heterocycles. The average molecular weight is 527 g/mol. The molecule has 0 bridgehead atoms. The molecule has 0 aromatic heterocycles. The van der Waals surface area contributed by atoms with Crippen LogP contribution in [0.25, 0.3) is 5.76 Å². The topological polar surface area (TPSA) is 203 Å². The van der Waals surface area contributed by atoms with E-state index in [1.165, 1.54) is 25.1 Å². The SMILES string of the molecule is C=CCNCC(=O)Nc1ccc2c(c1O)C(O)=C1C(=O)C3(O)C(O)=C(C(N)=O)C(=O)C(N(C)C)C3CC1C2. The van der Waals surface area contributed by atoms with E-state index in [9.17, 15) is 39.6 Å². The number of primary amides is 1. The Morgan fingerprint density at radius 3 is 2.53 bits per heavy atom. The van der Waals surface area contributed by atoms with E-state index >= 15 is 0 Å². The summed E-state index contributed by atoms with van der Waals surface area (Å²) in [6, 6.07) is 1.92. The van der Waals surface area contributed by atoms with Crippen molar-refractivity contribution in [3.05, 3.63) is 52.8 Å². The van der Waals surface area contributed by atoms with Crippen LogP contribution in [0.4, 0.5) is 5.69 Å². The van der Waals surface area contributed by atoms with Crippen LogP contribution < -0.4 is 16.4 Å². The summed E-state index contributed by atoms with van der Waals surface area (Å²) in [5.41, 5.74) is 1.86. The summed E-state index contributed by atoms with van der Waals surface area (Å²) in [4.78, 5) is 52.6. The van der Waals surface area contributed by atoms with Gasteiger partial charge in [-0.25, -0.2) is 0 Å². The van der Waals surface area contributed by atoms with E-state index in [-0.39, 0.29) is 36.2 Å². The van der Waals surface area contributed by atoms with Gasteiger partial charge in [-0.15, -0.1) is 6.58 Å². The van der Waals surface area contributed by atoms with E-state index in [1.54, 1.807) is 12.1 Å². The molecule has 1 fully saturated rings. The maximum atomic E-state index is 13.8. The largest absolute Gasteiger partial charge is 0.508 e. The minimum absolute atomic E-state index is 0.0000158. The van der Waals surface area contributed by atoms with Crippen LogP contribution in [-0.4, -0.2) is 87.5 Å². The summed E-state index contributed by atoms with van der Waals surface area (Å²) in [5.74, 6) is -7.73. The Kier molecular flexibility index (Phi) is 6.91. The van der Waals surface area contributed by atoms with Crippen LogP contribution in [0.1, 0.15) is 17.5 Å². The van der Waals surface area contributed by atoms with Crippen LogP contribution in [0, 0.1) is 11.8 Å². The molecule has 1 aromatic carbocycles. The lowest BCUT2D eigenvalue weighted by molar-refractivity contribution is -0.153. The molecule has 12 heteroatoms. The number of carbonyl (C=O) groups is 4. The highest BCUT2D eigenvalue weighted by molar-refractivity contribution is 6.24. The van der Waals surface area contributed by atoms with Gasteiger partial charge in [-0.05, 0) is 44.5 Å². The van der Waals surface area contributed by atoms with Crippen LogP contribution in [0.3, 0.4) is 0 Å². The molecule has 1 aromatic rings. The lowest BCUT2D eigenvalue weighted by Gasteiger charge is -2.50. The molecule has 202 valence electrons. The van der Waals surface area contributed by atoms with Gasteiger partial charge in [0, 0.05) is 18.0 Å². The standard InChI is InChI=1S/C26H30N4O8/c1-4-7-28-10-15(31)29-14-6-5-11-8-12-9-13-19(30(2)3)22(34)18(25(27)37)24(36)26(13,38)23(35)17(12)21(33)16(11)20(14)32/h4-6,12-13,19,28,32-33,36,38H,1,7-10H2,2-3H3,(H2,27,37)(H,29,31). The van der Waals surface area contributed by atoms with E-state index in [0.29, 0.717) is 12.1 Å². The number of aromatic hydroxyl groups is 1. The summed E-state index contributed by atoms with van der Waals surface area (Å²) in [5, 5.41) is 49.9. The number of nitrogens with two attached hydrogens (primary N) is 1. The predicted octanol–water partition coefficient (Wildman–Crippen LogP) is -0.322. The first kappa shape index (κ1) is 27.0. The predicted molar refractivity (Wildman–Crippen MR) is 136 cm³/mol. The molecular weight excluding hydrogens is 496 g/mol. The third-order valence-electron chi connectivity index (χ3n) is 7.44. The molecule has 0 aliphatic heterocycles. The number of fused-ring (bicyclic) bond motifs is 3. The van der Waals surface area contributed by atoms with Crippen LogP contribution in [0.15, 0.2) is 41.7 Å². The molecule has 3 aliphatic rings. The zero-order chi connectivity index (χ0) is 28.1. The van der Waals surface area contributed by atoms with Gasteiger partial charge in [0.25, 0.3) is 5.91 Å². The molecule has 4 unspecified atom stereocenters. The van der Waals surface area contributed by atoms with Gasteiger partial charge in [0.2, 0.25) is 11.7 Å². The van der Waals surface area contributed by atoms with Crippen molar-refractivity contribution in [2.75, 3.05) is 32.5 Å². The number of amides is 2. The number of nitrogens with one attached hydrogen (secondary N) is 2. The molecule has 12 nitrogen and oxygen atoms in total. The molecule has 3 aliphatic carbocycles. The number of carbonyl (C=O) groups excluding carboxylic acids is 4. The average Bonchev–Trinajstić information content (AvgIpc) is 2.83. The van der Waals surface area contributed by atoms with Crippen molar-refractivity contribution in [2.45, 2.75) is 24.5 Å². The maximum Gasteiger partial charge on any atom is 0.255 e. The number of anilines is 1. The number of hydrogen-bond donors (Lipinski definition) is 7. The first-order valence-electron chi connectivity index (χ1n) is 12.0. The van der Waals surface area contributed by atoms with Gasteiger partial charge in [-0.2, -0.15) is 0 Å². The number of hydrogen-bond acceptors (Lipinski definition) is 10. The van der Waals surface area contributed by atoms with Crippen LogP contribution in [0.2, 0.25) is 0 Å². The third kappa shape index (κ3) is 3.97. The minimum atomic E-state index is -2.71. The molecule has 4 rings (SSSR count). The first-order chi connectivity index (χ1) is 17.9. The monoisotopic (exact) mass is 526 g/mol. The van der Waals surface area contributed by atoms with Crippen LogP contribution in [0.5, 0.6) is 5.75 Å². The van der Waals surface area contributed by atoms with Crippen molar-refractivity contribution < 1.29 is 39.6 Å². The number of phenolic OH excluding ortho intramolecular Hbond substituents is 1. The second-order valence-corrected chi connectivity index (χ2v) is 9.93. The highest BCUT2D eigenvalue weighted by Crippen LogP contribution is 2.53. The Labute approximate surface area is 218 Å². The molecule has 0 radical (unpaired) electrons. The molecular formula is C26H30N4O8. The highest BCUT2D eigenvalue weighted by Gasteiger charge is 2.64. The summed E-state index contributed by atoms with van der Waals surface area (Å²) in [7, 11) is 3.07. The van der Waals surface area contributed by atoms with Crippen molar-refractivity contribution in [3.8, 4) is 5.75 Å². The normalized spacial score (nSPS) is 26.6. The zero-order valence-electron chi connectivity index (χ0n) is 20.9. The van der Waals surface area contributed by atoms with Gasteiger partial charge < -0.3 is 36.8 Å². The number of aliphatic hydroxyl groups is 3. The number of rotatable bonds is 7. The lowest BCUT2D eigenvalue weighted by Crippen LogP contribution is -2.65. The molecule has 2 amide bonds. The van der Waals surface area contributed by atoms with Crippen LogP contribution >= 0.6 is 0 Å². The Balaban J connectivity index is 1.81. The van der Waals surface area contributed by atoms with E-state index in [2.05, 4.69) is 17.2 Å². The minimum Gasteiger partial charge on any atom is -0.508 e. The van der Waals surface area contributed by atoms with Gasteiger partial charge >= 0.3 is 0 Å². The van der Waals surface area contributed by atoms with Gasteiger partial charge in [0.1, 0.15) is 22.8 Å². The molecule has 8 N–H and O–H groups in total. The summed E-state index contributed by atoms with van der Waals surface area (Å²) in [6.07, 6.45) is 1.74. The number of ketones is 2. The van der Waals surface area contributed by atoms with Gasteiger partial charge in [-0.1, -0.05) is 12.1 Å². The number of Topliss-reactive ketones (excluding diaryl/α,β-unsaturated/α-hetero) is 2. The van der Waals surface area contributed by atoms with Crippen LogP contribution in [-0.2, 0) is 25.6 Å². The third-order valence-corrected chi connectivity index (χ3v) is 7.44. The van der Waals surface area contributed by atoms with Crippen molar-refractivity contribution in [1.29, 1.82) is 0 Å². The van der Waals surface area contributed by atoms with E-state index < -0.39 is 69.7 Å². The van der Waals surface area contributed by atoms with E-state index in [0.717, 1.165) is 0 Å². The molecule has 38 heavy (non-hydrogen) atoms.